The van der Waals surface area contributed by atoms with Gasteiger partial charge in [0, 0.05) is 5.41 Å². The number of fused-ring (bicyclic) bond motifs is 3. The topological polar surface area (TPSA) is 66.9 Å². The summed E-state index contributed by atoms with van der Waals surface area (Å²) in [6, 6.07) is 8.27. The third kappa shape index (κ3) is 1.89. The van der Waals surface area contributed by atoms with Gasteiger partial charge in [0.25, 0.3) is 0 Å². The summed E-state index contributed by atoms with van der Waals surface area (Å²) in [6.45, 7) is 4.30. The number of nitriles is 1. The number of hydrogen-bond donors (Lipinski definition) is 1. The van der Waals surface area contributed by atoms with Gasteiger partial charge in [-0.2, -0.15) is 5.26 Å². The number of primary amides is 1. The van der Waals surface area contributed by atoms with Crippen LogP contribution in [0.15, 0.2) is 18.2 Å². The first-order valence-corrected chi connectivity index (χ1v) is 7.75. The van der Waals surface area contributed by atoms with Crippen LogP contribution in [-0.2, 0) is 16.6 Å². The zero-order valence-corrected chi connectivity index (χ0v) is 12.8. The zero-order chi connectivity index (χ0) is 15.3. The molecule has 1 aromatic rings. The average molecular weight is 282 g/mol. The van der Waals surface area contributed by atoms with E-state index in [9.17, 15) is 10.1 Å². The first-order chi connectivity index (χ1) is 9.91. The molecule has 0 bridgehead atoms. The molecule has 3 atom stereocenters. The number of aryl methyl sites for hydroxylation is 1. The maximum absolute atomic E-state index is 12.1. The predicted molar refractivity (Wildman–Crippen MR) is 81.5 cm³/mol. The van der Waals surface area contributed by atoms with Gasteiger partial charge in [0.15, 0.2) is 0 Å². The Bertz CT molecular complexity index is 645. The largest absolute Gasteiger partial charge is 0.369 e. The highest BCUT2D eigenvalue weighted by Crippen LogP contribution is 2.57. The van der Waals surface area contributed by atoms with Crippen molar-refractivity contribution in [2.24, 2.45) is 17.1 Å². The smallest absolute Gasteiger partial charge is 0.223 e. The lowest BCUT2D eigenvalue weighted by Gasteiger charge is -2.54. The number of benzene rings is 1. The SMILES string of the molecule is CC1(C(N)=O)CCCC2(C)c3cc(C#N)ccc3CCC12. The summed E-state index contributed by atoms with van der Waals surface area (Å²) in [6.07, 6.45) is 4.96. The van der Waals surface area contributed by atoms with Crippen LogP contribution in [0.25, 0.3) is 0 Å². The van der Waals surface area contributed by atoms with E-state index in [1.807, 2.05) is 19.1 Å². The van der Waals surface area contributed by atoms with E-state index in [0.29, 0.717) is 5.56 Å². The van der Waals surface area contributed by atoms with E-state index in [2.05, 4.69) is 19.1 Å². The summed E-state index contributed by atoms with van der Waals surface area (Å²) in [5.41, 5.74) is 8.60. The van der Waals surface area contributed by atoms with Crippen LogP contribution >= 0.6 is 0 Å². The fraction of sp³-hybridized carbons (Fsp3) is 0.556. The van der Waals surface area contributed by atoms with Gasteiger partial charge < -0.3 is 5.73 Å². The number of carbonyl (C=O) groups is 1. The molecule has 2 N–H and O–H groups in total. The number of rotatable bonds is 1. The Morgan fingerprint density at radius 1 is 1.38 bits per heavy atom. The predicted octanol–water partition coefficient (Wildman–Crippen LogP) is 3.05. The molecule has 2 aliphatic rings. The molecule has 21 heavy (non-hydrogen) atoms. The molecule has 0 radical (unpaired) electrons. The molecule has 0 aliphatic heterocycles. The maximum atomic E-state index is 12.1. The van der Waals surface area contributed by atoms with Crippen molar-refractivity contribution < 1.29 is 4.79 Å². The van der Waals surface area contributed by atoms with Gasteiger partial charge in [-0.1, -0.05) is 26.3 Å². The summed E-state index contributed by atoms with van der Waals surface area (Å²) >= 11 is 0. The minimum atomic E-state index is -0.423. The second-order valence-corrected chi connectivity index (χ2v) is 7.13. The third-order valence-electron chi connectivity index (χ3n) is 6.05. The molecule has 3 heteroatoms. The first-order valence-electron chi connectivity index (χ1n) is 7.75. The van der Waals surface area contributed by atoms with Crippen molar-refractivity contribution >= 4 is 5.91 Å². The van der Waals surface area contributed by atoms with Gasteiger partial charge in [-0.05, 0) is 60.3 Å². The number of nitrogens with two attached hydrogens (primary N) is 1. The van der Waals surface area contributed by atoms with Crippen molar-refractivity contribution in [3.8, 4) is 6.07 Å². The highest BCUT2D eigenvalue weighted by molar-refractivity contribution is 5.81. The molecule has 1 aromatic carbocycles. The van der Waals surface area contributed by atoms with Crippen molar-refractivity contribution in [2.45, 2.75) is 51.4 Å². The molecule has 2 aliphatic carbocycles. The average Bonchev–Trinajstić information content (AvgIpc) is 2.46. The third-order valence-corrected chi connectivity index (χ3v) is 6.05. The van der Waals surface area contributed by atoms with Crippen LogP contribution in [0, 0.1) is 22.7 Å². The Balaban J connectivity index is 2.15. The molecule has 1 fully saturated rings. The lowest BCUT2D eigenvalue weighted by molar-refractivity contribution is -0.135. The van der Waals surface area contributed by atoms with Crippen molar-refractivity contribution in [1.29, 1.82) is 5.26 Å². The summed E-state index contributed by atoms with van der Waals surface area (Å²) in [5.74, 6) is 0.107. The zero-order valence-electron chi connectivity index (χ0n) is 12.8. The molecule has 0 spiro atoms. The Hall–Kier alpha value is -1.82. The van der Waals surface area contributed by atoms with Crippen LogP contribution in [0.1, 0.15) is 56.2 Å². The maximum Gasteiger partial charge on any atom is 0.223 e. The molecule has 3 unspecified atom stereocenters. The summed E-state index contributed by atoms with van der Waals surface area (Å²) < 4.78 is 0. The normalized spacial score (nSPS) is 34.4. The Labute approximate surface area is 126 Å². The molecule has 1 amide bonds. The molecule has 3 nitrogen and oxygen atoms in total. The van der Waals surface area contributed by atoms with Gasteiger partial charge in [-0.3, -0.25) is 4.79 Å². The summed E-state index contributed by atoms with van der Waals surface area (Å²) in [5, 5.41) is 9.19. The first kappa shape index (κ1) is 14.1. The van der Waals surface area contributed by atoms with Gasteiger partial charge in [-0.25, -0.2) is 0 Å². The van der Waals surface area contributed by atoms with Crippen molar-refractivity contribution in [2.75, 3.05) is 0 Å². The molecule has 0 aromatic heterocycles. The second kappa shape index (κ2) is 4.59. The van der Waals surface area contributed by atoms with Gasteiger partial charge >= 0.3 is 0 Å². The van der Waals surface area contributed by atoms with Crippen LogP contribution in [0.5, 0.6) is 0 Å². The van der Waals surface area contributed by atoms with Gasteiger partial charge in [0.2, 0.25) is 5.91 Å². The minimum absolute atomic E-state index is 0.0392. The molecule has 0 heterocycles. The van der Waals surface area contributed by atoms with Crippen molar-refractivity contribution in [1.82, 2.24) is 0 Å². The molecule has 110 valence electrons. The lowest BCUT2D eigenvalue weighted by atomic mass is 9.49. The van der Waals surface area contributed by atoms with Gasteiger partial charge in [-0.15, -0.1) is 0 Å². The van der Waals surface area contributed by atoms with E-state index in [4.69, 9.17) is 5.73 Å². The highest BCUT2D eigenvalue weighted by atomic mass is 16.1. The van der Waals surface area contributed by atoms with E-state index >= 15 is 0 Å². The van der Waals surface area contributed by atoms with Gasteiger partial charge in [0.1, 0.15) is 0 Å². The van der Waals surface area contributed by atoms with E-state index < -0.39 is 5.41 Å². The minimum Gasteiger partial charge on any atom is -0.369 e. The summed E-state index contributed by atoms with van der Waals surface area (Å²) in [7, 11) is 0. The summed E-state index contributed by atoms with van der Waals surface area (Å²) in [4.78, 5) is 12.1. The highest BCUT2D eigenvalue weighted by Gasteiger charge is 2.54. The van der Waals surface area contributed by atoms with Crippen LogP contribution in [-0.4, -0.2) is 5.91 Å². The lowest BCUT2D eigenvalue weighted by Crippen LogP contribution is -2.54. The molecule has 1 saturated carbocycles. The molecule has 3 rings (SSSR count). The Morgan fingerprint density at radius 3 is 2.81 bits per heavy atom. The molecule has 0 saturated heterocycles. The number of carbonyl (C=O) groups excluding carboxylic acids is 1. The van der Waals surface area contributed by atoms with E-state index in [-0.39, 0.29) is 17.2 Å². The quantitative estimate of drug-likeness (QED) is 0.860. The Kier molecular flexibility index (Phi) is 3.09. The van der Waals surface area contributed by atoms with Crippen molar-refractivity contribution in [3.05, 3.63) is 34.9 Å². The van der Waals surface area contributed by atoms with Crippen LogP contribution < -0.4 is 5.73 Å². The monoisotopic (exact) mass is 282 g/mol. The second-order valence-electron chi connectivity index (χ2n) is 7.13. The Morgan fingerprint density at radius 2 is 2.14 bits per heavy atom. The van der Waals surface area contributed by atoms with E-state index in [1.165, 1.54) is 11.1 Å². The number of hydrogen-bond acceptors (Lipinski definition) is 2. The standard InChI is InChI=1S/C18H22N2O/c1-17-8-3-9-18(2,16(20)21)15(17)7-6-13-5-4-12(11-19)10-14(13)17/h4-5,10,15H,3,6-9H2,1-2H3,(H2,20,21). The molecular weight excluding hydrogens is 260 g/mol. The van der Waals surface area contributed by atoms with Crippen LogP contribution in [0.4, 0.5) is 0 Å². The molecular formula is C18H22N2O. The fourth-order valence-electron chi connectivity index (χ4n) is 4.82. The fourth-order valence-corrected chi connectivity index (χ4v) is 4.82. The van der Waals surface area contributed by atoms with Crippen molar-refractivity contribution in [3.63, 3.8) is 0 Å². The van der Waals surface area contributed by atoms with Crippen LogP contribution in [0.3, 0.4) is 0 Å². The number of nitrogens with zero attached hydrogens (tertiary/aromatic N) is 1. The van der Waals surface area contributed by atoms with E-state index in [1.54, 1.807) is 0 Å². The van der Waals surface area contributed by atoms with Crippen LogP contribution in [0.2, 0.25) is 0 Å². The van der Waals surface area contributed by atoms with E-state index in [0.717, 1.165) is 32.1 Å². The van der Waals surface area contributed by atoms with Gasteiger partial charge in [0.05, 0.1) is 11.6 Å². The number of amides is 1.